The van der Waals surface area contributed by atoms with Gasteiger partial charge in [-0.25, -0.2) is 4.98 Å². The van der Waals surface area contributed by atoms with E-state index >= 15 is 0 Å². The van der Waals surface area contributed by atoms with Crippen LogP contribution in [0.25, 0.3) is 0 Å². The van der Waals surface area contributed by atoms with Gasteiger partial charge >= 0.3 is 0 Å². The number of aromatic nitrogens is 1. The van der Waals surface area contributed by atoms with Gasteiger partial charge in [-0.05, 0) is 66.4 Å². The normalized spacial score (nSPS) is 23.6. The number of anilines is 1. The first-order chi connectivity index (χ1) is 8.97. The molecule has 0 bridgehead atoms. The lowest BCUT2D eigenvalue weighted by atomic mass is 9.80. The molecule has 1 aliphatic carbocycles. The molecular formula is C15H23BrN2O. The molecule has 2 rings (SSSR count). The van der Waals surface area contributed by atoms with Gasteiger partial charge in [-0.15, -0.1) is 0 Å². The Balaban J connectivity index is 1.98. The van der Waals surface area contributed by atoms with Crippen molar-refractivity contribution in [2.45, 2.75) is 52.6 Å². The Morgan fingerprint density at radius 2 is 1.95 bits per heavy atom. The average molecular weight is 327 g/mol. The maximum absolute atomic E-state index is 6.04. The van der Waals surface area contributed by atoms with Crippen LogP contribution in [0.5, 0.6) is 5.88 Å². The molecule has 0 spiro atoms. The van der Waals surface area contributed by atoms with Crippen LogP contribution in [0.15, 0.2) is 10.5 Å². The largest absolute Gasteiger partial charge is 0.474 e. The van der Waals surface area contributed by atoms with Crippen LogP contribution >= 0.6 is 15.9 Å². The maximum atomic E-state index is 6.04. The molecule has 4 heteroatoms. The number of hydrogen-bond acceptors (Lipinski definition) is 3. The molecule has 0 aliphatic heterocycles. The summed E-state index contributed by atoms with van der Waals surface area (Å²) in [6.45, 7) is 6.53. The zero-order valence-corrected chi connectivity index (χ0v) is 13.5. The van der Waals surface area contributed by atoms with E-state index in [0.29, 0.717) is 17.7 Å². The summed E-state index contributed by atoms with van der Waals surface area (Å²) in [7, 11) is 0. The van der Waals surface area contributed by atoms with Crippen molar-refractivity contribution in [2.24, 2.45) is 11.8 Å². The number of ether oxygens (including phenoxy) is 1. The van der Waals surface area contributed by atoms with E-state index in [9.17, 15) is 0 Å². The first-order valence-corrected chi connectivity index (χ1v) is 7.86. The first-order valence-electron chi connectivity index (χ1n) is 7.06. The molecule has 0 aromatic carbocycles. The van der Waals surface area contributed by atoms with Crippen LogP contribution in [-0.4, -0.2) is 11.1 Å². The quantitative estimate of drug-likeness (QED) is 0.899. The van der Waals surface area contributed by atoms with Crippen LogP contribution in [0, 0.1) is 18.8 Å². The molecule has 19 heavy (non-hydrogen) atoms. The molecule has 1 saturated carbocycles. The molecule has 1 aromatic rings. The van der Waals surface area contributed by atoms with E-state index in [1.165, 1.54) is 12.8 Å². The Morgan fingerprint density at radius 1 is 1.32 bits per heavy atom. The molecule has 0 unspecified atom stereocenters. The summed E-state index contributed by atoms with van der Waals surface area (Å²) in [5, 5.41) is 0. The summed E-state index contributed by atoms with van der Waals surface area (Å²) in [5.41, 5.74) is 7.35. The Morgan fingerprint density at radius 3 is 2.53 bits per heavy atom. The number of hydrogen-bond donors (Lipinski definition) is 1. The monoisotopic (exact) mass is 326 g/mol. The van der Waals surface area contributed by atoms with Gasteiger partial charge in [0.1, 0.15) is 6.10 Å². The Hall–Kier alpha value is -0.770. The smallest absolute Gasteiger partial charge is 0.228 e. The summed E-state index contributed by atoms with van der Waals surface area (Å²) >= 11 is 3.48. The molecule has 0 saturated heterocycles. The summed E-state index contributed by atoms with van der Waals surface area (Å²) in [6, 6.07) is 1.87. The molecule has 1 aromatic heterocycles. The van der Waals surface area contributed by atoms with Crippen LogP contribution in [0.3, 0.4) is 0 Å². The second-order valence-corrected chi connectivity index (χ2v) is 6.70. The fraction of sp³-hybridized carbons (Fsp3) is 0.667. The predicted octanol–water partition coefficient (Wildman–Crippen LogP) is 4.33. The Bertz CT molecular complexity index is 440. The van der Waals surface area contributed by atoms with Crippen LogP contribution in [0.1, 0.15) is 45.2 Å². The van der Waals surface area contributed by atoms with Gasteiger partial charge in [0.25, 0.3) is 0 Å². The van der Waals surface area contributed by atoms with Crippen LogP contribution in [0.2, 0.25) is 0 Å². The van der Waals surface area contributed by atoms with E-state index in [4.69, 9.17) is 10.5 Å². The van der Waals surface area contributed by atoms with Crippen molar-refractivity contribution >= 4 is 21.6 Å². The molecule has 0 atom stereocenters. The molecule has 1 heterocycles. The highest BCUT2D eigenvalue weighted by atomic mass is 79.9. The molecule has 1 fully saturated rings. The minimum absolute atomic E-state index is 0.293. The minimum Gasteiger partial charge on any atom is -0.474 e. The third-order valence-corrected chi connectivity index (χ3v) is 4.68. The molecule has 1 aliphatic rings. The molecule has 2 N–H and O–H groups in total. The van der Waals surface area contributed by atoms with Crippen molar-refractivity contribution in [3.8, 4) is 5.88 Å². The average Bonchev–Trinajstić information content (AvgIpc) is 2.36. The number of halogens is 1. The summed E-state index contributed by atoms with van der Waals surface area (Å²) in [5.74, 6) is 2.31. The fourth-order valence-corrected chi connectivity index (χ4v) is 3.12. The van der Waals surface area contributed by atoms with E-state index in [-0.39, 0.29) is 0 Å². The van der Waals surface area contributed by atoms with Gasteiger partial charge in [0.2, 0.25) is 5.88 Å². The number of nitrogens with two attached hydrogens (primary N) is 1. The highest BCUT2D eigenvalue weighted by Gasteiger charge is 2.25. The Labute approximate surface area is 124 Å². The second kappa shape index (κ2) is 6.12. The van der Waals surface area contributed by atoms with E-state index in [2.05, 4.69) is 34.8 Å². The van der Waals surface area contributed by atoms with Crippen molar-refractivity contribution in [1.29, 1.82) is 0 Å². The summed E-state index contributed by atoms with van der Waals surface area (Å²) in [6.07, 6.45) is 5.06. The molecule has 0 amide bonds. The lowest BCUT2D eigenvalue weighted by Crippen LogP contribution is -2.26. The first kappa shape index (κ1) is 14.6. The lowest BCUT2D eigenvalue weighted by molar-refractivity contribution is 0.111. The van der Waals surface area contributed by atoms with E-state index in [0.717, 1.165) is 34.8 Å². The number of nitrogen functional groups attached to an aromatic ring is 1. The van der Waals surface area contributed by atoms with Crippen molar-refractivity contribution in [2.75, 3.05) is 5.73 Å². The van der Waals surface area contributed by atoms with Gasteiger partial charge in [-0.2, -0.15) is 0 Å². The SMILES string of the molecule is Cc1nc(O[C@H]2CC[C@@H](C(C)C)CC2)c(Br)cc1N. The number of aryl methyl sites for hydroxylation is 1. The minimum atomic E-state index is 0.293. The van der Waals surface area contributed by atoms with Gasteiger partial charge in [-0.3, -0.25) is 0 Å². The van der Waals surface area contributed by atoms with Crippen molar-refractivity contribution in [3.63, 3.8) is 0 Å². The summed E-state index contributed by atoms with van der Waals surface area (Å²) < 4.78 is 6.89. The molecule has 0 radical (unpaired) electrons. The molecular weight excluding hydrogens is 304 g/mol. The number of pyridine rings is 1. The number of nitrogens with zero attached hydrogens (tertiary/aromatic N) is 1. The van der Waals surface area contributed by atoms with Crippen molar-refractivity contribution in [1.82, 2.24) is 4.98 Å². The second-order valence-electron chi connectivity index (χ2n) is 5.85. The van der Waals surface area contributed by atoms with Gasteiger partial charge in [0, 0.05) is 0 Å². The predicted molar refractivity (Wildman–Crippen MR) is 82.3 cm³/mol. The van der Waals surface area contributed by atoms with Gasteiger partial charge in [0.15, 0.2) is 0 Å². The molecule has 106 valence electrons. The standard InChI is InChI=1S/C15H23BrN2O/c1-9(2)11-4-6-12(7-5-11)19-15-13(16)8-14(17)10(3)18-15/h8-9,11-12H,4-7,17H2,1-3H3/t11-,12+. The highest BCUT2D eigenvalue weighted by Crippen LogP contribution is 2.34. The van der Waals surface area contributed by atoms with Gasteiger partial charge in [0.05, 0.1) is 15.9 Å². The van der Waals surface area contributed by atoms with E-state index in [1.54, 1.807) is 0 Å². The van der Waals surface area contributed by atoms with E-state index < -0.39 is 0 Å². The van der Waals surface area contributed by atoms with Gasteiger partial charge < -0.3 is 10.5 Å². The van der Waals surface area contributed by atoms with E-state index in [1.807, 2.05) is 13.0 Å². The van der Waals surface area contributed by atoms with Crippen molar-refractivity contribution < 1.29 is 4.74 Å². The van der Waals surface area contributed by atoms with Crippen molar-refractivity contribution in [3.05, 3.63) is 16.2 Å². The van der Waals surface area contributed by atoms with Gasteiger partial charge in [-0.1, -0.05) is 13.8 Å². The topological polar surface area (TPSA) is 48.1 Å². The van der Waals surface area contributed by atoms with Crippen LogP contribution in [0.4, 0.5) is 5.69 Å². The third kappa shape index (κ3) is 3.62. The fourth-order valence-electron chi connectivity index (χ4n) is 2.69. The zero-order valence-electron chi connectivity index (χ0n) is 11.9. The molecule has 3 nitrogen and oxygen atoms in total. The zero-order chi connectivity index (χ0) is 14.0. The van der Waals surface area contributed by atoms with Crippen LogP contribution in [-0.2, 0) is 0 Å². The highest BCUT2D eigenvalue weighted by molar-refractivity contribution is 9.10. The third-order valence-electron chi connectivity index (χ3n) is 4.11. The summed E-state index contributed by atoms with van der Waals surface area (Å²) in [4.78, 5) is 4.43. The number of rotatable bonds is 3. The maximum Gasteiger partial charge on any atom is 0.228 e. The van der Waals surface area contributed by atoms with Crippen LogP contribution < -0.4 is 10.5 Å². The Kier molecular flexibility index (Phi) is 4.71. The lowest BCUT2D eigenvalue weighted by Gasteiger charge is -2.31.